The van der Waals surface area contributed by atoms with E-state index in [1.807, 2.05) is 26.1 Å². The first-order valence-electron chi connectivity index (χ1n) is 8.60. The second kappa shape index (κ2) is 8.75. The zero-order valence-electron chi connectivity index (χ0n) is 15.0. The van der Waals surface area contributed by atoms with Gasteiger partial charge in [0, 0.05) is 20.1 Å². The van der Waals surface area contributed by atoms with Crippen molar-refractivity contribution < 1.29 is 9.47 Å². The number of halogens is 1. The highest BCUT2D eigenvalue weighted by molar-refractivity contribution is 6.32. The lowest BCUT2D eigenvalue weighted by molar-refractivity contribution is 0.171. The monoisotopic (exact) mass is 378 g/mol. The number of guanidine groups is 1. The molecule has 1 aliphatic heterocycles. The Labute approximate surface area is 157 Å². The molecule has 1 aromatic carbocycles. The normalized spacial score (nSPS) is 13.6. The molecule has 0 unspecified atom stereocenters. The molecule has 0 saturated heterocycles. The Balaban J connectivity index is 1.58. The molecule has 26 heavy (non-hydrogen) atoms. The molecule has 0 spiro atoms. The van der Waals surface area contributed by atoms with Crippen LogP contribution in [-0.4, -0.2) is 47.0 Å². The van der Waals surface area contributed by atoms with E-state index in [0.29, 0.717) is 42.8 Å². The van der Waals surface area contributed by atoms with Gasteiger partial charge in [0.2, 0.25) is 0 Å². The summed E-state index contributed by atoms with van der Waals surface area (Å²) in [5, 5.41) is 11.2. The third-order valence-electron chi connectivity index (χ3n) is 3.89. The van der Waals surface area contributed by atoms with Gasteiger partial charge >= 0.3 is 0 Å². The van der Waals surface area contributed by atoms with Crippen molar-refractivity contribution in [1.82, 2.24) is 25.4 Å². The zero-order chi connectivity index (χ0) is 18.4. The average Bonchev–Trinajstić information content (AvgIpc) is 3.05. The van der Waals surface area contributed by atoms with Crippen LogP contribution in [0.25, 0.3) is 0 Å². The molecule has 0 aliphatic carbocycles. The SMILES string of the molecule is CCNC(=NCc1ncnn1C)NCCc1cc(Cl)c2c(c1)OCCO2. The maximum absolute atomic E-state index is 6.28. The molecule has 3 rings (SSSR count). The van der Waals surface area contributed by atoms with Crippen molar-refractivity contribution in [3.05, 3.63) is 34.9 Å². The molecule has 140 valence electrons. The van der Waals surface area contributed by atoms with Gasteiger partial charge in [-0.25, -0.2) is 9.98 Å². The second-order valence-corrected chi connectivity index (χ2v) is 6.18. The van der Waals surface area contributed by atoms with Crippen molar-refractivity contribution in [3.63, 3.8) is 0 Å². The lowest BCUT2D eigenvalue weighted by Crippen LogP contribution is -2.38. The van der Waals surface area contributed by atoms with E-state index in [4.69, 9.17) is 21.1 Å². The van der Waals surface area contributed by atoms with E-state index in [1.165, 1.54) is 6.33 Å². The molecule has 0 atom stereocenters. The minimum atomic E-state index is 0.460. The first-order chi connectivity index (χ1) is 12.7. The van der Waals surface area contributed by atoms with Crippen LogP contribution in [-0.2, 0) is 20.0 Å². The Hall–Kier alpha value is -2.48. The number of hydrogen-bond acceptors (Lipinski definition) is 5. The smallest absolute Gasteiger partial charge is 0.191 e. The summed E-state index contributed by atoms with van der Waals surface area (Å²) in [6.07, 6.45) is 2.31. The van der Waals surface area contributed by atoms with E-state index in [2.05, 4.69) is 25.7 Å². The minimum Gasteiger partial charge on any atom is -0.486 e. The van der Waals surface area contributed by atoms with E-state index in [9.17, 15) is 0 Å². The van der Waals surface area contributed by atoms with Gasteiger partial charge in [-0.2, -0.15) is 5.10 Å². The Kier molecular flexibility index (Phi) is 6.17. The topological polar surface area (TPSA) is 85.6 Å². The van der Waals surface area contributed by atoms with E-state index in [1.54, 1.807) is 4.68 Å². The van der Waals surface area contributed by atoms with Crippen LogP contribution in [0.3, 0.4) is 0 Å². The molecule has 1 aromatic heterocycles. The van der Waals surface area contributed by atoms with Crippen LogP contribution in [0.4, 0.5) is 0 Å². The Morgan fingerprint density at radius 3 is 2.92 bits per heavy atom. The van der Waals surface area contributed by atoms with Crippen LogP contribution in [0.1, 0.15) is 18.3 Å². The third-order valence-corrected chi connectivity index (χ3v) is 4.17. The van der Waals surface area contributed by atoms with Crippen LogP contribution in [0.2, 0.25) is 5.02 Å². The highest BCUT2D eigenvalue weighted by Gasteiger charge is 2.16. The highest BCUT2D eigenvalue weighted by Crippen LogP contribution is 2.38. The number of fused-ring (bicyclic) bond motifs is 1. The molecule has 0 bridgehead atoms. The van der Waals surface area contributed by atoms with Crippen molar-refractivity contribution in [2.24, 2.45) is 12.0 Å². The fourth-order valence-corrected chi connectivity index (χ4v) is 2.88. The second-order valence-electron chi connectivity index (χ2n) is 5.77. The van der Waals surface area contributed by atoms with Crippen molar-refractivity contribution in [2.45, 2.75) is 19.9 Å². The van der Waals surface area contributed by atoms with Gasteiger partial charge in [0.25, 0.3) is 0 Å². The summed E-state index contributed by atoms with van der Waals surface area (Å²) in [5.74, 6) is 2.88. The van der Waals surface area contributed by atoms with Gasteiger partial charge in [0.1, 0.15) is 31.9 Å². The van der Waals surface area contributed by atoms with Gasteiger partial charge in [-0.1, -0.05) is 11.6 Å². The van der Waals surface area contributed by atoms with Crippen LogP contribution in [0.15, 0.2) is 23.5 Å². The Morgan fingerprint density at radius 2 is 2.15 bits per heavy atom. The average molecular weight is 379 g/mol. The fraction of sp³-hybridized carbons (Fsp3) is 0.471. The molecule has 0 fully saturated rings. The van der Waals surface area contributed by atoms with Gasteiger partial charge in [0.15, 0.2) is 17.5 Å². The molecular weight excluding hydrogens is 356 g/mol. The predicted octanol–water partition coefficient (Wildman–Crippen LogP) is 1.54. The van der Waals surface area contributed by atoms with Crippen LogP contribution in [0.5, 0.6) is 11.5 Å². The summed E-state index contributed by atoms with van der Waals surface area (Å²) in [4.78, 5) is 8.71. The van der Waals surface area contributed by atoms with E-state index < -0.39 is 0 Å². The Morgan fingerprint density at radius 1 is 1.31 bits per heavy atom. The number of benzene rings is 1. The number of nitrogens with zero attached hydrogens (tertiary/aromatic N) is 4. The summed E-state index contributed by atoms with van der Waals surface area (Å²) in [6, 6.07) is 3.89. The maximum Gasteiger partial charge on any atom is 0.191 e. The number of rotatable bonds is 6. The van der Waals surface area contributed by atoms with Gasteiger partial charge in [0.05, 0.1) is 5.02 Å². The lowest BCUT2D eigenvalue weighted by atomic mass is 10.1. The summed E-state index contributed by atoms with van der Waals surface area (Å²) in [6.45, 7) is 5.05. The quantitative estimate of drug-likeness (QED) is 0.585. The first-order valence-corrected chi connectivity index (χ1v) is 8.98. The molecule has 0 saturated carbocycles. The lowest BCUT2D eigenvalue weighted by Gasteiger charge is -2.20. The summed E-state index contributed by atoms with van der Waals surface area (Å²) >= 11 is 6.28. The minimum absolute atomic E-state index is 0.460. The van der Waals surface area contributed by atoms with Crippen molar-refractivity contribution in [3.8, 4) is 11.5 Å². The molecular formula is C17H23ClN6O2. The van der Waals surface area contributed by atoms with Gasteiger partial charge in [-0.15, -0.1) is 0 Å². The maximum atomic E-state index is 6.28. The van der Waals surface area contributed by atoms with Crippen LogP contribution < -0.4 is 20.1 Å². The first kappa shape index (κ1) is 18.3. The van der Waals surface area contributed by atoms with Gasteiger partial charge in [-0.3, -0.25) is 4.68 Å². The summed E-state index contributed by atoms with van der Waals surface area (Å²) in [7, 11) is 1.85. The molecule has 0 radical (unpaired) electrons. The standard InChI is InChI=1S/C17H23ClN6O2/c1-3-19-17(21-10-15-22-11-23-24(15)2)20-5-4-12-8-13(18)16-14(9-12)25-6-7-26-16/h8-9,11H,3-7,10H2,1-2H3,(H2,19,20,21). The number of nitrogens with one attached hydrogen (secondary N) is 2. The van der Waals surface area contributed by atoms with E-state index in [0.717, 1.165) is 30.3 Å². The molecule has 9 heteroatoms. The molecule has 1 aliphatic rings. The molecule has 2 N–H and O–H groups in total. The van der Waals surface area contributed by atoms with Crippen molar-refractivity contribution >= 4 is 17.6 Å². The molecule has 2 heterocycles. The number of aliphatic imine (C=N–C) groups is 1. The summed E-state index contributed by atoms with van der Waals surface area (Å²) < 4.78 is 12.9. The van der Waals surface area contributed by atoms with E-state index >= 15 is 0 Å². The molecule has 2 aromatic rings. The van der Waals surface area contributed by atoms with Crippen LogP contribution >= 0.6 is 11.6 Å². The number of hydrogen-bond donors (Lipinski definition) is 2. The van der Waals surface area contributed by atoms with Crippen molar-refractivity contribution in [2.75, 3.05) is 26.3 Å². The molecule has 0 amide bonds. The highest BCUT2D eigenvalue weighted by atomic mass is 35.5. The number of aryl methyl sites for hydroxylation is 1. The fourth-order valence-electron chi connectivity index (χ4n) is 2.59. The zero-order valence-corrected chi connectivity index (χ0v) is 15.7. The largest absolute Gasteiger partial charge is 0.486 e. The van der Waals surface area contributed by atoms with Gasteiger partial charge < -0.3 is 20.1 Å². The Bertz CT molecular complexity index is 777. The predicted molar refractivity (Wildman–Crippen MR) is 100.0 cm³/mol. The number of aromatic nitrogens is 3. The van der Waals surface area contributed by atoms with E-state index in [-0.39, 0.29) is 0 Å². The summed E-state index contributed by atoms with van der Waals surface area (Å²) in [5.41, 5.74) is 1.08. The van der Waals surface area contributed by atoms with Gasteiger partial charge in [-0.05, 0) is 31.0 Å². The third kappa shape index (κ3) is 4.57. The molecule has 8 nitrogen and oxygen atoms in total. The number of ether oxygens (including phenoxy) is 2. The van der Waals surface area contributed by atoms with Crippen LogP contribution in [0, 0.1) is 0 Å². The van der Waals surface area contributed by atoms with Crippen molar-refractivity contribution in [1.29, 1.82) is 0 Å².